The van der Waals surface area contributed by atoms with Crippen molar-refractivity contribution in [3.63, 3.8) is 0 Å². The van der Waals surface area contributed by atoms with Gasteiger partial charge in [-0.15, -0.1) is 6.58 Å². The third-order valence-corrected chi connectivity index (χ3v) is 15.8. The molecule has 4 heteroatoms. The van der Waals surface area contributed by atoms with Crippen LogP contribution in [-0.2, 0) is 13.9 Å². The molecular weight excluding hydrogens is 545 g/mol. The van der Waals surface area contributed by atoms with E-state index in [1.807, 2.05) is 0 Å². The highest BCUT2D eigenvalue weighted by atomic mass is 28.4. The lowest BCUT2D eigenvalue weighted by Gasteiger charge is -2.56. The molecule has 3 nitrogen and oxygen atoms in total. The molecule has 1 aliphatic heterocycles. The molecule has 2 aromatic rings. The van der Waals surface area contributed by atoms with E-state index in [9.17, 15) is 0 Å². The van der Waals surface area contributed by atoms with E-state index in [-0.39, 0.29) is 22.2 Å². The van der Waals surface area contributed by atoms with Crippen molar-refractivity contribution in [2.45, 2.75) is 97.8 Å². The third kappa shape index (κ3) is 6.00. The molecule has 2 aromatic carbocycles. The summed E-state index contributed by atoms with van der Waals surface area (Å²) in [5.74, 6) is 0.895. The monoisotopic (exact) mass is 598 g/mol. The second kappa shape index (κ2) is 12.9. The molecule has 2 fully saturated rings. The first-order valence-electron chi connectivity index (χ1n) is 16.6. The fourth-order valence-electron chi connectivity index (χ4n) is 8.59. The second-order valence-corrected chi connectivity index (χ2v) is 19.1. The van der Waals surface area contributed by atoms with Crippen LogP contribution in [-0.4, -0.2) is 27.8 Å². The van der Waals surface area contributed by atoms with E-state index in [0.717, 1.165) is 19.3 Å². The zero-order chi connectivity index (χ0) is 30.7. The van der Waals surface area contributed by atoms with Gasteiger partial charge < -0.3 is 13.9 Å². The summed E-state index contributed by atoms with van der Waals surface area (Å²) in [4.78, 5) is 0. The maximum Gasteiger partial charge on any atom is 0.319 e. The molecule has 1 heterocycles. The molecule has 2 aliphatic carbocycles. The van der Waals surface area contributed by atoms with Gasteiger partial charge >= 0.3 is 8.32 Å². The molecule has 4 atom stereocenters. The SMILES string of the molecule is C=C(C)CC[C@@]1(C)CCCC2C1=CCC(C)[C@@]2(C/C=C/O[Si](c1ccccc1)(c1ccccc1)C(C)(C)C)C1OCCO1. The van der Waals surface area contributed by atoms with Crippen LogP contribution >= 0.6 is 0 Å². The molecule has 0 amide bonds. The first-order valence-corrected chi connectivity index (χ1v) is 18.5. The molecule has 0 N–H and O–H groups in total. The number of fused-ring (bicyclic) bond motifs is 1. The van der Waals surface area contributed by atoms with Crippen molar-refractivity contribution in [1.82, 2.24) is 0 Å². The fourth-order valence-corrected chi connectivity index (χ4v) is 12.9. The maximum absolute atomic E-state index is 7.19. The van der Waals surface area contributed by atoms with E-state index >= 15 is 0 Å². The summed E-state index contributed by atoms with van der Waals surface area (Å²) >= 11 is 0. The summed E-state index contributed by atoms with van der Waals surface area (Å²) in [5.41, 5.74) is 3.03. The predicted octanol–water partition coefficient (Wildman–Crippen LogP) is 8.96. The van der Waals surface area contributed by atoms with Crippen LogP contribution < -0.4 is 10.4 Å². The summed E-state index contributed by atoms with van der Waals surface area (Å²) in [6.45, 7) is 19.7. The predicted molar refractivity (Wildman–Crippen MR) is 182 cm³/mol. The van der Waals surface area contributed by atoms with Crippen molar-refractivity contribution in [3.8, 4) is 0 Å². The molecule has 1 saturated carbocycles. The molecule has 43 heavy (non-hydrogen) atoms. The molecule has 0 bridgehead atoms. The highest BCUT2D eigenvalue weighted by Crippen LogP contribution is 2.61. The van der Waals surface area contributed by atoms with Crippen molar-refractivity contribution in [2.75, 3.05) is 13.2 Å². The van der Waals surface area contributed by atoms with Gasteiger partial charge in [0.1, 0.15) is 0 Å². The molecule has 0 radical (unpaired) electrons. The summed E-state index contributed by atoms with van der Waals surface area (Å²) in [7, 11) is -2.66. The summed E-state index contributed by atoms with van der Waals surface area (Å²) in [6, 6.07) is 21.8. The Bertz CT molecular complexity index is 1250. The Morgan fingerprint density at radius 3 is 2.19 bits per heavy atom. The van der Waals surface area contributed by atoms with Gasteiger partial charge in [-0.1, -0.05) is 125 Å². The number of hydrogen-bond acceptors (Lipinski definition) is 3. The largest absolute Gasteiger partial charge is 0.540 e. The van der Waals surface area contributed by atoms with Gasteiger partial charge in [0.15, 0.2) is 6.29 Å². The fraction of sp³-hybridized carbons (Fsp3) is 0.538. The van der Waals surface area contributed by atoms with E-state index in [4.69, 9.17) is 13.9 Å². The molecule has 1 saturated heterocycles. The minimum absolute atomic E-state index is 0.0715. The van der Waals surface area contributed by atoms with Gasteiger partial charge in [0.25, 0.3) is 0 Å². The minimum Gasteiger partial charge on any atom is -0.540 e. The van der Waals surface area contributed by atoms with Crippen molar-refractivity contribution in [3.05, 3.63) is 96.8 Å². The lowest BCUT2D eigenvalue weighted by atomic mass is 9.50. The van der Waals surface area contributed by atoms with Crippen LogP contribution in [0.15, 0.2) is 96.8 Å². The molecular formula is C39H54O3Si. The third-order valence-electron chi connectivity index (χ3n) is 10.9. The Balaban J connectivity index is 1.51. The van der Waals surface area contributed by atoms with Crippen LogP contribution in [0.4, 0.5) is 0 Å². The zero-order valence-electron chi connectivity index (χ0n) is 27.5. The standard InChI is InChI=1S/C39H54O3Si/c1-30(2)23-26-38(7)24-14-20-35-34(38)22-21-31(3)39(35,36-40-28-29-41-36)25-15-27-42-43(37(4,5)6,32-16-10-8-11-17-32)33-18-12-9-13-19-33/h8-13,15-19,22,27,31,35-36H,1,14,20-21,23-26,28-29H2,2-7H3/b27-15+/t31?,35?,38-,39-/m1/s1. The lowest BCUT2D eigenvalue weighted by Crippen LogP contribution is -2.65. The van der Waals surface area contributed by atoms with Crippen molar-refractivity contribution < 1.29 is 13.9 Å². The molecule has 232 valence electrons. The van der Waals surface area contributed by atoms with Crippen LogP contribution in [0, 0.1) is 22.7 Å². The molecule has 0 spiro atoms. The van der Waals surface area contributed by atoms with Gasteiger partial charge in [-0.3, -0.25) is 0 Å². The number of hydrogen-bond donors (Lipinski definition) is 0. The van der Waals surface area contributed by atoms with E-state index in [2.05, 4.69) is 127 Å². The Morgan fingerprint density at radius 1 is 1.02 bits per heavy atom. The van der Waals surface area contributed by atoms with Gasteiger partial charge in [0.05, 0.1) is 19.5 Å². The number of ether oxygens (including phenoxy) is 2. The smallest absolute Gasteiger partial charge is 0.319 e. The average Bonchev–Trinajstić information content (AvgIpc) is 3.53. The van der Waals surface area contributed by atoms with Crippen LogP contribution in [0.2, 0.25) is 5.04 Å². The average molecular weight is 599 g/mol. The Hall–Kier alpha value is -2.40. The quantitative estimate of drug-likeness (QED) is 0.155. The van der Waals surface area contributed by atoms with Crippen LogP contribution in [0.1, 0.15) is 86.5 Å². The highest BCUT2D eigenvalue weighted by molar-refractivity contribution is 6.99. The van der Waals surface area contributed by atoms with Gasteiger partial charge in [-0.05, 0) is 78.1 Å². The van der Waals surface area contributed by atoms with Crippen molar-refractivity contribution >= 4 is 18.7 Å². The van der Waals surface area contributed by atoms with Crippen LogP contribution in [0.5, 0.6) is 0 Å². The van der Waals surface area contributed by atoms with Gasteiger partial charge in [-0.25, -0.2) is 0 Å². The van der Waals surface area contributed by atoms with Crippen molar-refractivity contribution in [1.29, 1.82) is 0 Å². The lowest BCUT2D eigenvalue weighted by molar-refractivity contribution is -0.180. The first kappa shape index (κ1) is 32.0. The van der Waals surface area contributed by atoms with Gasteiger partial charge in [0, 0.05) is 5.41 Å². The molecule has 2 unspecified atom stereocenters. The summed E-state index contributed by atoms with van der Waals surface area (Å²) in [6.07, 6.45) is 14.7. The van der Waals surface area contributed by atoms with E-state index in [1.165, 1.54) is 41.6 Å². The molecule has 5 rings (SSSR count). The first-order chi connectivity index (χ1) is 20.5. The van der Waals surface area contributed by atoms with E-state index < -0.39 is 8.32 Å². The maximum atomic E-state index is 7.19. The topological polar surface area (TPSA) is 27.7 Å². The Morgan fingerprint density at radius 2 is 1.63 bits per heavy atom. The van der Waals surface area contributed by atoms with Crippen LogP contribution in [0.25, 0.3) is 0 Å². The zero-order valence-corrected chi connectivity index (χ0v) is 28.5. The van der Waals surface area contributed by atoms with Gasteiger partial charge in [-0.2, -0.15) is 0 Å². The Kier molecular flexibility index (Phi) is 9.61. The molecule has 0 aromatic heterocycles. The van der Waals surface area contributed by atoms with E-state index in [1.54, 1.807) is 5.57 Å². The van der Waals surface area contributed by atoms with Crippen LogP contribution in [0.3, 0.4) is 0 Å². The Labute approximate surface area is 262 Å². The summed E-state index contributed by atoms with van der Waals surface area (Å²) in [5, 5.41) is 2.53. The number of allylic oxidation sites excluding steroid dienone is 4. The highest BCUT2D eigenvalue weighted by Gasteiger charge is 2.57. The normalized spacial score (nSPS) is 28.5. The summed E-state index contributed by atoms with van der Waals surface area (Å²) < 4.78 is 20.1. The number of rotatable bonds is 10. The van der Waals surface area contributed by atoms with Crippen molar-refractivity contribution in [2.24, 2.45) is 22.7 Å². The minimum atomic E-state index is -2.66. The van der Waals surface area contributed by atoms with E-state index in [0.29, 0.717) is 25.0 Å². The number of benzene rings is 2. The van der Waals surface area contributed by atoms with Gasteiger partial charge in [0.2, 0.25) is 0 Å². The second-order valence-electron chi connectivity index (χ2n) is 14.8. The molecule has 3 aliphatic rings.